The zero-order valence-electron chi connectivity index (χ0n) is 21.2. The number of amides is 1. The summed E-state index contributed by atoms with van der Waals surface area (Å²) in [7, 11) is 0. The van der Waals surface area contributed by atoms with Crippen LogP contribution in [-0.4, -0.2) is 94.2 Å². The second kappa shape index (κ2) is 11.3. The Kier molecular flexibility index (Phi) is 7.94. The number of hydrogen-bond acceptors (Lipinski definition) is 8. The minimum absolute atomic E-state index is 0.0700. The van der Waals surface area contributed by atoms with Crippen LogP contribution in [0.3, 0.4) is 0 Å². The Morgan fingerprint density at radius 2 is 1.84 bits per heavy atom. The largest absolute Gasteiger partial charge is 0.443 e. The van der Waals surface area contributed by atoms with E-state index in [0.717, 1.165) is 32.8 Å². The van der Waals surface area contributed by atoms with Crippen molar-refractivity contribution in [3.63, 3.8) is 0 Å². The summed E-state index contributed by atoms with van der Waals surface area (Å²) < 4.78 is 40.9. The summed E-state index contributed by atoms with van der Waals surface area (Å²) in [6.45, 7) is 8.85. The van der Waals surface area contributed by atoms with Crippen LogP contribution in [0.1, 0.15) is 6.92 Å². The smallest absolute Gasteiger partial charge is 0.414 e. The molecule has 37 heavy (non-hydrogen) atoms. The molecule has 3 atom stereocenters. The first-order valence-corrected chi connectivity index (χ1v) is 13.1. The minimum atomic E-state index is -0.697. The molecule has 0 saturated carbocycles. The average molecular weight is 519 g/mol. The fourth-order valence-electron chi connectivity index (χ4n) is 5.38. The van der Waals surface area contributed by atoms with Gasteiger partial charge < -0.3 is 25.0 Å². The molecule has 3 fully saturated rings. The van der Waals surface area contributed by atoms with E-state index in [9.17, 15) is 4.79 Å². The van der Waals surface area contributed by atoms with Crippen molar-refractivity contribution in [2.24, 2.45) is 17.6 Å². The van der Waals surface area contributed by atoms with E-state index >= 15 is 8.78 Å². The summed E-state index contributed by atoms with van der Waals surface area (Å²) in [5.74, 6) is -0.675. The number of nitrogens with two attached hydrogens (primary N) is 1. The number of hydrazine groups is 1. The number of nitrogens with one attached hydrogen (secondary N) is 1. The number of carbonyl (C=O) groups is 1. The van der Waals surface area contributed by atoms with E-state index < -0.39 is 23.8 Å². The number of anilines is 2. The number of halogens is 2. The van der Waals surface area contributed by atoms with Gasteiger partial charge in [-0.1, -0.05) is 19.1 Å². The van der Waals surface area contributed by atoms with Gasteiger partial charge >= 0.3 is 6.09 Å². The van der Waals surface area contributed by atoms with Gasteiger partial charge in [-0.2, -0.15) is 0 Å². The van der Waals surface area contributed by atoms with E-state index in [-0.39, 0.29) is 24.5 Å². The molecule has 3 saturated heterocycles. The molecule has 3 heterocycles. The van der Waals surface area contributed by atoms with Gasteiger partial charge in [-0.05, 0) is 17.9 Å². The Morgan fingerprint density at radius 3 is 2.51 bits per heavy atom. The topological polar surface area (TPSA) is 86.5 Å². The molecule has 4 aliphatic rings. The van der Waals surface area contributed by atoms with Crippen LogP contribution in [0.4, 0.5) is 25.0 Å². The van der Waals surface area contributed by atoms with Crippen LogP contribution < -0.4 is 21.0 Å². The van der Waals surface area contributed by atoms with Gasteiger partial charge in [0, 0.05) is 70.2 Å². The molecule has 0 radical (unpaired) electrons. The fourth-order valence-corrected chi connectivity index (χ4v) is 5.38. The molecule has 3 N–H and O–H groups in total. The van der Waals surface area contributed by atoms with Gasteiger partial charge in [-0.3, -0.25) is 10.3 Å². The highest BCUT2D eigenvalue weighted by molar-refractivity contribution is 5.90. The van der Waals surface area contributed by atoms with Crippen molar-refractivity contribution in [1.82, 2.24) is 15.3 Å². The second-order valence-corrected chi connectivity index (χ2v) is 10.0. The third-order valence-electron chi connectivity index (χ3n) is 7.55. The molecule has 202 valence electrons. The molecule has 1 aromatic carbocycles. The molecule has 1 aliphatic carbocycles. The minimum Gasteiger partial charge on any atom is -0.443 e. The normalized spacial score (nSPS) is 27.4. The van der Waals surface area contributed by atoms with Gasteiger partial charge in [0.25, 0.3) is 0 Å². The molecular formula is C26H36F2N6O3. The Bertz CT molecular complexity index is 1020. The van der Waals surface area contributed by atoms with Crippen molar-refractivity contribution in [2.75, 3.05) is 81.9 Å². The average Bonchev–Trinajstić information content (AvgIpc) is 3.13. The lowest BCUT2D eigenvalue weighted by molar-refractivity contribution is 0.0546. The van der Waals surface area contributed by atoms with Crippen molar-refractivity contribution in [3.05, 3.63) is 47.7 Å². The molecule has 2 unspecified atom stereocenters. The van der Waals surface area contributed by atoms with E-state index in [4.69, 9.17) is 15.2 Å². The number of cyclic esters (lactones) is 1. The molecular weight excluding hydrogens is 482 g/mol. The molecule has 3 aliphatic heterocycles. The SMILES string of the molecule is CC1C=C(N2CCOCC2)C=CC1CN1CCN(c2c(F)cc(N3C[C@H](CN)OC3=O)cc2F)CCN1. The third kappa shape index (κ3) is 5.74. The number of benzene rings is 1. The Balaban J connectivity index is 1.20. The van der Waals surface area contributed by atoms with Crippen molar-refractivity contribution in [3.8, 4) is 0 Å². The summed E-state index contributed by atoms with van der Waals surface area (Å²) in [5, 5.41) is 2.15. The quantitative estimate of drug-likeness (QED) is 0.591. The maximum atomic E-state index is 15.2. The number of ether oxygens (including phenoxy) is 2. The van der Waals surface area contributed by atoms with E-state index in [1.54, 1.807) is 4.90 Å². The third-order valence-corrected chi connectivity index (χ3v) is 7.55. The van der Waals surface area contributed by atoms with Gasteiger partial charge in [-0.25, -0.2) is 18.6 Å². The van der Waals surface area contributed by atoms with E-state index in [0.29, 0.717) is 38.0 Å². The van der Waals surface area contributed by atoms with E-state index in [1.165, 1.54) is 22.7 Å². The first-order chi connectivity index (χ1) is 17.9. The highest BCUT2D eigenvalue weighted by Gasteiger charge is 2.33. The number of hydrogen-bond donors (Lipinski definition) is 2. The van der Waals surface area contributed by atoms with Crippen LogP contribution in [0.5, 0.6) is 0 Å². The van der Waals surface area contributed by atoms with Crippen LogP contribution in [0.2, 0.25) is 0 Å². The number of morpholine rings is 1. The Hall–Kier alpha value is -2.73. The lowest BCUT2D eigenvalue weighted by Crippen LogP contribution is -2.43. The molecule has 0 aromatic heterocycles. The van der Waals surface area contributed by atoms with Gasteiger partial charge in [-0.15, -0.1) is 0 Å². The molecule has 1 aromatic rings. The molecule has 5 rings (SSSR count). The van der Waals surface area contributed by atoms with Crippen molar-refractivity contribution in [2.45, 2.75) is 13.0 Å². The van der Waals surface area contributed by atoms with E-state index in [1.807, 2.05) is 0 Å². The van der Waals surface area contributed by atoms with Crippen molar-refractivity contribution < 1.29 is 23.0 Å². The lowest BCUT2D eigenvalue weighted by atomic mass is 9.88. The number of nitrogens with zero attached hydrogens (tertiary/aromatic N) is 4. The predicted molar refractivity (Wildman–Crippen MR) is 137 cm³/mol. The summed E-state index contributed by atoms with van der Waals surface area (Å²) in [6, 6.07) is 2.39. The maximum absolute atomic E-state index is 15.2. The van der Waals surface area contributed by atoms with Gasteiger partial charge in [0.2, 0.25) is 0 Å². The van der Waals surface area contributed by atoms with Gasteiger partial charge in [0.05, 0.1) is 25.4 Å². The summed E-state index contributed by atoms with van der Waals surface area (Å²) >= 11 is 0. The predicted octanol–water partition coefficient (Wildman–Crippen LogP) is 1.91. The first kappa shape index (κ1) is 25.9. The van der Waals surface area contributed by atoms with Crippen LogP contribution in [0.25, 0.3) is 0 Å². The lowest BCUT2D eigenvalue weighted by Gasteiger charge is -2.34. The monoisotopic (exact) mass is 518 g/mol. The number of allylic oxidation sites excluding steroid dienone is 2. The summed E-state index contributed by atoms with van der Waals surface area (Å²) in [6.07, 6.45) is 5.69. The van der Waals surface area contributed by atoms with Crippen LogP contribution >= 0.6 is 0 Å². The van der Waals surface area contributed by atoms with Crippen LogP contribution in [0.15, 0.2) is 36.1 Å². The van der Waals surface area contributed by atoms with Gasteiger partial charge in [0.15, 0.2) is 11.6 Å². The van der Waals surface area contributed by atoms with Gasteiger partial charge in [0.1, 0.15) is 11.8 Å². The molecule has 11 heteroatoms. The second-order valence-electron chi connectivity index (χ2n) is 10.0. The van der Waals surface area contributed by atoms with Crippen LogP contribution in [-0.2, 0) is 9.47 Å². The fraction of sp³-hybridized carbons (Fsp3) is 0.577. The molecule has 9 nitrogen and oxygen atoms in total. The zero-order valence-corrected chi connectivity index (χ0v) is 21.2. The summed E-state index contributed by atoms with van der Waals surface area (Å²) in [5.41, 5.74) is 10.3. The van der Waals surface area contributed by atoms with Crippen LogP contribution in [0, 0.1) is 23.5 Å². The van der Waals surface area contributed by atoms with Crippen molar-refractivity contribution in [1.29, 1.82) is 0 Å². The highest BCUT2D eigenvalue weighted by atomic mass is 19.1. The first-order valence-electron chi connectivity index (χ1n) is 13.1. The maximum Gasteiger partial charge on any atom is 0.414 e. The number of carbonyl (C=O) groups excluding carboxylic acids is 1. The molecule has 0 bridgehead atoms. The molecule has 0 spiro atoms. The number of rotatable bonds is 6. The van der Waals surface area contributed by atoms with Crippen molar-refractivity contribution >= 4 is 17.5 Å². The Labute approximate surface area is 216 Å². The molecule has 1 amide bonds. The zero-order chi connectivity index (χ0) is 25.9. The van der Waals surface area contributed by atoms with E-state index in [2.05, 4.69) is 40.5 Å². The standard InChI is InChI=1S/C26H36F2N6O3/c1-18-12-20(31-8-10-36-11-9-31)3-2-19(18)16-33-7-6-32(5-4-30-33)25-23(27)13-21(14-24(25)28)34-17-22(15-29)37-26(34)35/h2-3,12-14,18-19,22,30H,4-11,15-17,29H2,1H3/t18?,19?,22-/m0/s1. The Morgan fingerprint density at radius 1 is 1.08 bits per heavy atom. The highest BCUT2D eigenvalue weighted by Crippen LogP contribution is 2.31. The summed E-state index contributed by atoms with van der Waals surface area (Å²) in [4.78, 5) is 17.4.